The molecule has 2 fully saturated rings. The van der Waals surface area contributed by atoms with E-state index in [1.54, 1.807) is 6.92 Å². The predicted octanol–water partition coefficient (Wildman–Crippen LogP) is 0.977. The molecule has 0 unspecified atom stereocenters. The van der Waals surface area contributed by atoms with Crippen molar-refractivity contribution >= 4 is 18.0 Å². The van der Waals surface area contributed by atoms with Crippen LogP contribution in [0.15, 0.2) is 0 Å². The highest BCUT2D eigenvalue weighted by molar-refractivity contribution is 5.82. The zero-order valence-electron chi connectivity index (χ0n) is 12.2. The van der Waals surface area contributed by atoms with Gasteiger partial charge in [0.2, 0.25) is 0 Å². The molecule has 2 rings (SSSR count). The molecule has 0 aromatic heterocycles. The summed E-state index contributed by atoms with van der Waals surface area (Å²) in [5.74, 6) is -1.60. The maximum Gasteiger partial charge on any atom is 0.325 e. The van der Waals surface area contributed by atoms with Gasteiger partial charge in [0.05, 0.1) is 12.5 Å². The fourth-order valence-electron chi connectivity index (χ4n) is 2.69. The van der Waals surface area contributed by atoms with E-state index in [2.05, 4.69) is 5.32 Å². The van der Waals surface area contributed by atoms with E-state index in [1.807, 2.05) is 0 Å². The molecular formula is C14H22N2O5. The highest BCUT2D eigenvalue weighted by atomic mass is 16.5. The van der Waals surface area contributed by atoms with E-state index >= 15 is 0 Å². The third kappa shape index (κ3) is 4.34. The maximum atomic E-state index is 12.3. The second kappa shape index (κ2) is 6.78. The number of carbonyl (C=O) groups excluding carboxylic acids is 2. The number of urea groups is 1. The molecular weight excluding hydrogens is 276 g/mol. The van der Waals surface area contributed by atoms with Crippen molar-refractivity contribution in [3.05, 3.63) is 0 Å². The van der Waals surface area contributed by atoms with Crippen LogP contribution in [-0.4, -0.2) is 53.2 Å². The quantitative estimate of drug-likeness (QED) is 0.713. The predicted molar refractivity (Wildman–Crippen MR) is 73.7 cm³/mol. The van der Waals surface area contributed by atoms with Crippen LogP contribution in [0, 0.1) is 5.92 Å². The van der Waals surface area contributed by atoms with Crippen LogP contribution in [0.3, 0.4) is 0 Å². The number of ether oxygens (including phenoxy) is 1. The molecule has 2 amide bonds. The average Bonchev–Trinajstić information content (AvgIpc) is 3.15. The molecule has 7 nitrogen and oxygen atoms in total. The summed E-state index contributed by atoms with van der Waals surface area (Å²) in [6.07, 6.45) is 3.51. The summed E-state index contributed by atoms with van der Waals surface area (Å²) in [4.78, 5) is 36.2. The van der Waals surface area contributed by atoms with E-state index in [9.17, 15) is 14.4 Å². The summed E-state index contributed by atoms with van der Waals surface area (Å²) in [5.41, 5.74) is 0. The van der Waals surface area contributed by atoms with Crippen molar-refractivity contribution in [3.63, 3.8) is 0 Å². The van der Waals surface area contributed by atoms with Gasteiger partial charge in [0.1, 0.15) is 6.54 Å². The van der Waals surface area contributed by atoms with E-state index in [-0.39, 0.29) is 30.6 Å². The number of hydrogen-bond donors (Lipinski definition) is 2. The highest BCUT2D eigenvalue weighted by Crippen LogP contribution is 2.29. The molecule has 0 aromatic carbocycles. The molecule has 2 aliphatic rings. The lowest BCUT2D eigenvalue weighted by Crippen LogP contribution is -2.47. The molecule has 0 radical (unpaired) electrons. The van der Waals surface area contributed by atoms with Crippen LogP contribution in [0.1, 0.15) is 39.0 Å². The lowest BCUT2D eigenvalue weighted by atomic mass is 10.1. The molecule has 0 spiro atoms. The first kappa shape index (κ1) is 15.6. The van der Waals surface area contributed by atoms with E-state index in [1.165, 1.54) is 4.90 Å². The molecule has 21 heavy (non-hydrogen) atoms. The maximum absolute atomic E-state index is 12.3. The van der Waals surface area contributed by atoms with E-state index < -0.39 is 11.9 Å². The number of nitrogens with one attached hydrogen (secondary N) is 1. The van der Waals surface area contributed by atoms with Gasteiger partial charge in [-0.05, 0) is 39.0 Å². The fraction of sp³-hybridized carbons (Fsp3) is 0.786. The van der Waals surface area contributed by atoms with Crippen LogP contribution in [0.4, 0.5) is 4.79 Å². The largest absolute Gasteiger partial charge is 0.481 e. The summed E-state index contributed by atoms with van der Waals surface area (Å²) >= 11 is 0. The van der Waals surface area contributed by atoms with Crippen molar-refractivity contribution in [2.24, 2.45) is 5.92 Å². The van der Waals surface area contributed by atoms with Crippen LogP contribution >= 0.6 is 0 Å². The van der Waals surface area contributed by atoms with Crippen molar-refractivity contribution in [2.45, 2.75) is 51.1 Å². The van der Waals surface area contributed by atoms with Crippen molar-refractivity contribution in [3.8, 4) is 0 Å². The number of carboxylic acid groups (broad SMARTS) is 1. The summed E-state index contributed by atoms with van der Waals surface area (Å²) in [6, 6.07) is -0.310. The minimum Gasteiger partial charge on any atom is -0.481 e. The zero-order chi connectivity index (χ0) is 15.4. The van der Waals surface area contributed by atoms with Crippen LogP contribution in [0.5, 0.6) is 0 Å². The van der Waals surface area contributed by atoms with Gasteiger partial charge in [-0.15, -0.1) is 0 Å². The average molecular weight is 298 g/mol. The summed E-state index contributed by atoms with van der Waals surface area (Å²) in [5, 5.41) is 11.8. The Morgan fingerprint density at radius 3 is 2.48 bits per heavy atom. The van der Waals surface area contributed by atoms with Gasteiger partial charge in [-0.3, -0.25) is 9.59 Å². The minimum absolute atomic E-state index is 0.0422. The number of rotatable bonds is 6. The Morgan fingerprint density at radius 1 is 1.24 bits per heavy atom. The van der Waals surface area contributed by atoms with E-state index in [0.717, 1.165) is 12.8 Å². The lowest BCUT2D eigenvalue weighted by molar-refractivity contribution is -0.144. The third-order valence-electron chi connectivity index (χ3n) is 3.96. The molecule has 2 atom stereocenters. The van der Waals surface area contributed by atoms with Crippen molar-refractivity contribution in [2.75, 3.05) is 13.2 Å². The highest BCUT2D eigenvalue weighted by Gasteiger charge is 2.37. The number of esters is 1. The Hall–Kier alpha value is -1.79. The third-order valence-corrected chi connectivity index (χ3v) is 3.96. The smallest absolute Gasteiger partial charge is 0.325 e. The number of hydrogen-bond acceptors (Lipinski definition) is 4. The van der Waals surface area contributed by atoms with Gasteiger partial charge in [0, 0.05) is 12.1 Å². The van der Waals surface area contributed by atoms with Crippen LogP contribution < -0.4 is 5.32 Å². The van der Waals surface area contributed by atoms with E-state index in [4.69, 9.17) is 9.84 Å². The molecule has 2 N–H and O–H groups in total. The Bertz CT molecular complexity index is 422. The number of carboxylic acids is 1. The van der Waals surface area contributed by atoms with Crippen LogP contribution in [0.2, 0.25) is 0 Å². The number of amides is 2. The number of nitrogens with zero attached hydrogens (tertiary/aromatic N) is 1. The Morgan fingerprint density at radius 2 is 1.95 bits per heavy atom. The topological polar surface area (TPSA) is 95.9 Å². The van der Waals surface area contributed by atoms with Gasteiger partial charge in [-0.25, -0.2) is 4.79 Å². The van der Waals surface area contributed by atoms with Crippen molar-refractivity contribution in [1.29, 1.82) is 0 Å². The van der Waals surface area contributed by atoms with Gasteiger partial charge >= 0.3 is 18.0 Å². The monoisotopic (exact) mass is 298 g/mol. The molecule has 2 aliphatic carbocycles. The molecule has 0 aliphatic heterocycles. The molecule has 7 heteroatoms. The molecule has 0 saturated heterocycles. The molecule has 0 bridgehead atoms. The number of aliphatic carboxylic acids is 1. The minimum atomic E-state index is -0.808. The first-order valence-corrected chi connectivity index (χ1v) is 7.46. The van der Waals surface area contributed by atoms with Gasteiger partial charge in [-0.2, -0.15) is 0 Å². The van der Waals surface area contributed by atoms with Gasteiger partial charge in [0.25, 0.3) is 0 Å². The standard InChI is InChI=1S/C14H22N2O5/c1-2-21-12(17)8-16(11-5-6-11)14(20)15-10-4-3-9(7-10)13(18)19/h9-11H,2-8H2,1H3,(H,15,20)(H,18,19)/t9-,10+/m1/s1. The molecule has 0 aromatic rings. The molecule has 0 heterocycles. The van der Waals surface area contributed by atoms with E-state index in [0.29, 0.717) is 25.9 Å². The van der Waals surface area contributed by atoms with Gasteiger partial charge in [0.15, 0.2) is 0 Å². The van der Waals surface area contributed by atoms with Crippen LogP contribution in [0.25, 0.3) is 0 Å². The number of carbonyl (C=O) groups is 3. The molecule has 2 saturated carbocycles. The normalized spacial score (nSPS) is 24.4. The first-order valence-electron chi connectivity index (χ1n) is 7.46. The Labute approximate surface area is 123 Å². The SMILES string of the molecule is CCOC(=O)CN(C(=O)N[C@H]1CC[C@@H](C(=O)O)C1)C1CC1. The summed E-state index contributed by atoms with van der Waals surface area (Å²) < 4.78 is 4.88. The zero-order valence-corrected chi connectivity index (χ0v) is 12.2. The molecule has 118 valence electrons. The second-order valence-corrected chi connectivity index (χ2v) is 5.66. The lowest BCUT2D eigenvalue weighted by Gasteiger charge is -2.24. The van der Waals surface area contributed by atoms with Crippen molar-refractivity contribution in [1.82, 2.24) is 10.2 Å². The Balaban J connectivity index is 1.85. The Kier molecular flexibility index (Phi) is 5.03. The van der Waals surface area contributed by atoms with Crippen LogP contribution in [-0.2, 0) is 14.3 Å². The first-order chi connectivity index (χ1) is 10.0. The van der Waals surface area contributed by atoms with Crippen molar-refractivity contribution < 1.29 is 24.2 Å². The van der Waals surface area contributed by atoms with Gasteiger partial charge < -0.3 is 20.1 Å². The van der Waals surface area contributed by atoms with Gasteiger partial charge in [-0.1, -0.05) is 0 Å². The second-order valence-electron chi connectivity index (χ2n) is 5.66. The fourth-order valence-corrected chi connectivity index (χ4v) is 2.69. The summed E-state index contributed by atoms with van der Waals surface area (Å²) in [6.45, 7) is 1.98. The summed E-state index contributed by atoms with van der Waals surface area (Å²) in [7, 11) is 0.